The van der Waals surface area contributed by atoms with Crippen LogP contribution in [0, 0.1) is 0 Å². The van der Waals surface area contributed by atoms with E-state index < -0.39 is 0 Å². The van der Waals surface area contributed by atoms with Crippen LogP contribution in [-0.2, 0) is 0 Å². The molecule has 0 fully saturated rings. The van der Waals surface area contributed by atoms with Crippen LogP contribution in [0.2, 0.25) is 0 Å². The molecule has 0 radical (unpaired) electrons. The molecule has 14 aromatic carbocycles. The molecule has 0 bridgehead atoms. The summed E-state index contributed by atoms with van der Waals surface area (Å²) in [6, 6.07) is 100. The zero-order valence-corrected chi connectivity index (χ0v) is 65.5. The fraction of sp³-hybridized carbons (Fsp3) is 0.0400. The number of phenols is 4. The molecular formula is C100H68N8O11S. The highest BCUT2D eigenvalue weighted by Crippen LogP contribution is 2.44. The Hall–Kier alpha value is -15.9. The largest absolute Gasteiger partial charge is 0.507 e. The molecule has 22 aromatic rings. The number of aromatic hydroxyl groups is 4. The first-order valence-corrected chi connectivity index (χ1v) is 39.5. The Balaban J connectivity index is 0.000000106. The fourth-order valence-corrected chi connectivity index (χ4v) is 15.5. The maximum atomic E-state index is 10.3. The average molecular weight is 1590 g/mol. The molecule has 0 unspecified atom stereocenters. The Kier molecular flexibility index (Phi) is 19.6. The van der Waals surface area contributed by atoms with Crippen molar-refractivity contribution in [1.29, 1.82) is 0 Å². The van der Waals surface area contributed by atoms with Crippen molar-refractivity contribution in [2.75, 3.05) is 27.6 Å². The number of methoxy groups -OCH3 is 3. The van der Waals surface area contributed by atoms with E-state index >= 15 is 0 Å². The summed E-state index contributed by atoms with van der Waals surface area (Å²) in [6.07, 6.45) is 1.98. The monoisotopic (exact) mass is 1590 g/mol. The Morgan fingerprint density at radius 2 is 0.642 bits per heavy atom. The van der Waals surface area contributed by atoms with Crippen LogP contribution < -0.4 is 14.2 Å². The van der Waals surface area contributed by atoms with Gasteiger partial charge >= 0.3 is 0 Å². The van der Waals surface area contributed by atoms with Gasteiger partial charge in [0.05, 0.1) is 66.4 Å². The maximum absolute atomic E-state index is 10.3. The van der Waals surface area contributed by atoms with E-state index in [1.807, 2.05) is 164 Å². The van der Waals surface area contributed by atoms with Crippen molar-refractivity contribution in [2.24, 2.45) is 0 Å². The van der Waals surface area contributed by atoms with Gasteiger partial charge in [-0.1, -0.05) is 170 Å². The molecule has 22 rings (SSSR count). The standard InChI is InChI=1S/C27H18N2O3.C27H18N2O2S.2C23H16N2O3/c1-31-26-15-22(28-27(29-26)19-8-4-5-9-23(19)30)18-10-11-24-20(13-18)21-12-16-6-2-3-7-17(16)14-25(21)32-24;1-32-25-15-21(28-27(29-25)19-8-4-5-9-22(19)30)17-10-12-20-24(14-17)31-23-13-11-16-6-2-3-7-18(16)26(20)23;1-27-21-13-18(24-23(25-21)17-8-2-4-11-19(17)26)16-10-6-9-15-14-7-3-5-12-20(14)28-22(15)16;1-27-21-13-17(24-23(25-21)15-7-2-4-10-18(15)26)14-9-6-12-20-22(14)16-8-3-5-11-19(16)28-20/h2*2-15,30H,1H3;2*2-13,26H,1H3. The second-order valence-electron chi connectivity index (χ2n) is 28.1. The van der Waals surface area contributed by atoms with Gasteiger partial charge in [-0.3, -0.25) is 0 Å². The third kappa shape index (κ3) is 14.2. The number of fused-ring (bicyclic) bond motifs is 15. The van der Waals surface area contributed by atoms with Gasteiger partial charge in [-0.25, -0.2) is 24.9 Å². The Bertz CT molecular complexity index is 7730. The Morgan fingerprint density at radius 3 is 1.25 bits per heavy atom. The van der Waals surface area contributed by atoms with Gasteiger partial charge in [-0.2, -0.15) is 15.0 Å². The number of nitrogens with zero attached hydrogens (tertiary/aromatic N) is 8. The lowest BCUT2D eigenvalue weighted by atomic mass is 10.0. The van der Waals surface area contributed by atoms with E-state index in [-0.39, 0.29) is 23.0 Å². The zero-order valence-electron chi connectivity index (χ0n) is 64.7. The van der Waals surface area contributed by atoms with E-state index in [0.717, 1.165) is 126 Å². The summed E-state index contributed by atoms with van der Waals surface area (Å²) >= 11 is 1.54. The van der Waals surface area contributed by atoms with Crippen molar-refractivity contribution < 1.29 is 52.3 Å². The topological polar surface area (TPSA) is 264 Å². The van der Waals surface area contributed by atoms with Crippen molar-refractivity contribution in [3.63, 3.8) is 0 Å². The number of benzene rings is 14. The molecule has 0 atom stereocenters. The summed E-state index contributed by atoms with van der Waals surface area (Å²) in [4.78, 5) is 36.8. The third-order valence-electron chi connectivity index (χ3n) is 20.9. The van der Waals surface area contributed by atoms with Crippen LogP contribution in [0.4, 0.5) is 0 Å². The van der Waals surface area contributed by atoms with Gasteiger partial charge in [0, 0.05) is 83.5 Å². The minimum Gasteiger partial charge on any atom is -0.507 e. The van der Waals surface area contributed by atoms with Crippen LogP contribution in [-0.4, -0.2) is 87.9 Å². The first kappa shape index (κ1) is 74.2. The van der Waals surface area contributed by atoms with E-state index in [9.17, 15) is 20.4 Å². The second-order valence-corrected chi connectivity index (χ2v) is 28.9. The fourth-order valence-electron chi connectivity index (χ4n) is 15.1. The summed E-state index contributed by atoms with van der Waals surface area (Å²) in [5.74, 6) is 3.48. The lowest BCUT2D eigenvalue weighted by Crippen LogP contribution is -1.97. The third-order valence-corrected chi connectivity index (χ3v) is 21.5. The van der Waals surface area contributed by atoms with Gasteiger partial charge in [-0.05, 0) is 155 Å². The second kappa shape index (κ2) is 31.7. The minimum absolute atomic E-state index is 0.114. The van der Waals surface area contributed by atoms with Crippen LogP contribution in [0.15, 0.2) is 338 Å². The van der Waals surface area contributed by atoms with Crippen LogP contribution in [0.1, 0.15) is 0 Å². The number of thioether (sulfide) groups is 1. The van der Waals surface area contributed by atoms with Crippen molar-refractivity contribution in [1.82, 2.24) is 39.9 Å². The molecule has 0 amide bonds. The van der Waals surface area contributed by atoms with Crippen molar-refractivity contribution >= 4 is 121 Å². The predicted molar refractivity (Wildman–Crippen MR) is 474 cm³/mol. The molecule has 0 spiro atoms. The van der Waals surface area contributed by atoms with Gasteiger partial charge < -0.3 is 52.3 Å². The molecule has 120 heavy (non-hydrogen) atoms. The van der Waals surface area contributed by atoms with E-state index in [4.69, 9.17) is 51.8 Å². The lowest BCUT2D eigenvalue weighted by Gasteiger charge is -2.09. The predicted octanol–water partition coefficient (Wildman–Crippen LogP) is 24.7. The number of para-hydroxylation sites is 7. The highest BCUT2D eigenvalue weighted by Gasteiger charge is 2.23. The minimum atomic E-state index is 0.114. The summed E-state index contributed by atoms with van der Waals surface area (Å²) < 4.78 is 40.7. The van der Waals surface area contributed by atoms with E-state index in [1.165, 1.54) is 16.2 Å². The highest BCUT2D eigenvalue weighted by molar-refractivity contribution is 7.98. The summed E-state index contributed by atoms with van der Waals surface area (Å²) in [5, 5.41) is 54.9. The van der Waals surface area contributed by atoms with Gasteiger partial charge in [0.15, 0.2) is 23.3 Å². The molecule has 20 heteroatoms. The smallest absolute Gasteiger partial charge is 0.217 e. The molecule has 0 aliphatic carbocycles. The Morgan fingerprint density at radius 1 is 0.250 bits per heavy atom. The van der Waals surface area contributed by atoms with Crippen LogP contribution in [0.5, 0.6) is 40.6 Å². The van der Waals surface area contributed by atoms with E-state index in [0.29, 0.717) is 80.3 Å². The molecule has 19 nitrogen and oxygen atoms in total. The highest BCUT2D eigenvalue weighted by atomic mass is 32.2. The van der Waals surface area contributed by atoms with E-state index in [1.54, 1.807) is 118 Å². The number of aromatic nitrogens is 8. The molecule has 580 valence electrons. The normalized spacial score (nSPS) is 11.3. The van der Waals surface area contributed by atoms with Crippen molar-refractivity contribution in [3.05, 3.63) is 315 Å². The summed E-state index contributed by atoms with van der Waals surface area (Å²) in [7, 11) is 4.69. The van der Waals surface area contributed by atoms with Gasteiger partial charge in [0.1, 0.15) is 72.7 Å². The molecule has 0 aliphatic rings. The van der Waals surface area contributed by atoms with Crippen LogP contribution in [0.25, 0.3) is 200 Å². The molecule has 0 saturated heterocycles. The lowest BCUT2D eigenvalue weighted by molar-refractivity contribution is 0.397. The SMILES string of the molecule is COc1cc(-c2ccc3oc4cc5ccccc5cc4c3c2)nc(-c2ccccc2O)n1.COc1cc(-c2cccc3c2oc2ccccc23)nc(-c2ccccc2O)n1.COc1cc(-c2cccc3oc4ccccc4c23)nc(-c2ccccc2O)n1.CSc1cc(-c2ccc3c(c2)oc2ccc4ccccc4c23)nc(-c2ccccc2O)n1. The summed E-state index contributed by atoms with van der Waals surface area (Å²) in [6.45, 7) is 0. The number of furan rings is 4. The maximum Gasteiger partial charge on any atom is 0.217 e. The van der Waals surface area contributed by atoms with Crippen LogP contribution >= 0.6 is 11.8 Å². The first-order valence-electron chi connectivity index (χ1n) is 38.3. The summed E-state index contributed by atoms with van der Waals surface area (Å²) in [5.41, 5.74) is 15.3. The first-order chi connectivity index (χ1) is 58.9. The number of hydrogen-bond donors (Lipinski definition) is 4. The molecular weight excluding hydrogens is 1520 g/mol. The average Bonchev–Trinajstić information content (AvgIpc) is 1.60. The van der Waals surface area contributed by atoms with Gasteiger partial charge in [0.25, 0.3) is 0 Å². The quantitative estimate of drug-likeness (QED) is 0.0654. The van der Waals surface area contributed by atoms with Crippen LogP contribution in [0.3, 0.4) is 0 Å². The number of rotatable bonds is 12. The Labute approximate surface area is 688 Å². The molecule has 4 N–H and O–H groups in total. The van der Waals surface area contributed by atoms with E-state index in [2.05, 4.69) is 92.7 Å². The van der Waals surface area contributed by atoms with Gasteiger partial charge in [0.2, 0.25) is 17.6 Å². The zero-order chi connectivity index (χ0) is 81.5. The van der Waals surface area contributed by atoms with Gasteiger partial charge in [-0.15, -0.1) is 11.8 Å². The molecule has 8 heterocycles. The van der Waals surface area contributed by atoms with Crippen molar-refractivity contribution in [3.8, 4) is 131 Å². The molecule has 0 saturated carbocycles. The number of phenolic OH excluding ortho intramolecular Hbond substituents is 4. The molecule has 8 aromatic heterocycles. The van der Waals surface area contributed by atoms with Crippen molar-refractivity contribution in [2.45, 2.75) is 5.03 Å². The molecule has 0 aliphatic heterocycles. The number of hydrogen-bond acceptors (Lipinski definition) is 20. The number of ether oxygens (including phenoxy) is 3.